The Bertz CT molecular complexity index is 1390. The third kappa shape index (κ3) is 5.15. The Morgan fingerprint density at radius 2 is 1.54 bits per heavy atom. The van der Waals surface area contributed by atoms with Crippen molar-refractivity contribution in [3.63, 3.8) is 0 Å². The molecule has 196 valence electrons. The molecule has 37 heavy (non-hydrogen) atoms. The largest absolute Gasteiger partial charge is 0.508 e. The van der Waals surface area contributed by atoms with Gasteiger partial charge >= 0.3 is 11.9 Å². The van der Waals surface area contributed by atoms with Gasteiger partial charge in [0.15, 0.2) is 24.1 Å². The average molecular weight is 516 g/mol. The highest BCUT2D eigenvalue weighted by atomic mass is 16.7. The first-order valence-electron chi connectivity index (χ1n) is 11.1. The molecule has 3 aromatic rings. The molecule has 1 aliphatic rings. The first-order valence-corrected chi connectivity index (χ1v) is 11.1. The van der Waals surface area contributed by atoms with Crippen molar-refractivity contribution in [2.24, 2.45) is 0 Å². The van der Waals surface area contributed by atoms with E-state index in [1.807, 2.05) is 0 Å². The van der Waals surface area contributed by atoms with Gasteiger partial charge in [-0.05, 0) is 31.2 Å². The fourth-order valence-electron chi connectivity index (χ4n) is 4.06. The van der Waals surface area contributed by atoms with Crippen molar-refractivity contribution in [3.8, 4) is 34.3 Å². The van der Waals surface area contributed by atoms with Crippen LogP contribution >= 0.6 is 0 Å². The normalized spacial score (nSPS) is 23.4. The number of rotatable bonds is 5. The molecule has 0 aliphatic carbocycles. The Hall–Kier alpha value is -4.29. The molecule has 4 N–H and O–H groups in total. The summed E-state index contributed by atoms with van der Waals surface area (Å²) in [6, 6.07) is 7.58. The van der Waals surface area contributed by atoms with Gasteiger partial charge in [-0.3, -0.25) is 14.4 Å². The maximum Gasteiger partial charge on any atom is 0.303 e. The SMILES string of the molecule is CC(=O)O[C@@H]1[C@@H](OC(C)=O)[C@@H](O)C(Oc2c(-c3ccc(O)cc3)oc3cc(O)cc(O)c3c2=O)O[C@H]1C. The van der Waals surface area contributed by atoms with Gasteiger partial charge in [0.25, 0.3) is 0 Å². The summed E-state index contributed by atoms with van der Waals surface area (Å²) in [6.45, 7) is 3.73. The maximum atomic E-state index is 13.5. The van der Waals surface area contributed by atoms with Crippen molar-refractivity contribution in [2.75, 3.05) is 0 Å². The summed E-state index contributed by atoms with van der Waals surface area (Å²) in [5.41, 5.74) is -0.761. The molecule has 0 radical (unpaired) electrons. The van der Waals surface area contributed by atoms with E-state index in [-0.39, 0.29) is 33.8 Å². The summed E-state index contributed by atoms with van der Waals surface area (Å²) < 4.78 is 27.7. The van der Waals surface area contributed by atoms with Crippen LogP contribution in [-0.4, -0.2) is 63.1 Å². The molecule has 2 aromatic carbocycles. The van der Waals surface area contributed by atoms with E-state index in [1.54, 1.807) is 0 Å². The number of carbonyl (C=O) groups is 2. The summed E-state index contributed by atoms with van der Waals surface area (Å²) in [5.74, 6) is -3.14. The molecular formula is C25H24O12. The first kappa shape index (κ1) is 25.8. The van der Waals surface area contributed by atoms with Gasteiger partial charge in [0.2, 0.25) is 17.5 Å². The van der Waals surface area contributed by atoms with E-state index in [0.29, 0.717) is 0 Å². The Kier molecular flexibility index (Phi) is 6.96. The third-order valence-corrected chi connectivity index (χ3v) is 5.64. The van der Waals surface area contributed by atoms with E-state index in [1.165, 1.54) is 31.2 Å². The van der Waals surface area contributed by atoms with Gasteiger partial charge in [0.1, 0.15) is 28.2 Å². The lowest BCUT2D eigenvalue weighted by atomic mass is 9.99. The number of hydrogen-bond donors (Lipinski definition) is 4. The minimum atomic E-state index is -1.72. The molecule has 0 spiro atoms. The first-order chi connectivity index (χ1) is 17.5. The standard InChI is InChI=1S/C25H24O12/c1-10-21(34-11(2)26)24(35-12(3)27)20(32)25(33-10)37-23-19(31)18-16(30)8-15(29)9-17(18)36-22(23)13-4-6-14(28)7-5-13/h4-10,20-21,24-25,28-30,32H,1-3H3/t10-,20+,21-,24-,25?/m0/s1. The number of aromatic hydroxyl groups is 3. The molecule has 1 fully saturated rings. The number of ether oxygens (including phenoxy) is 4. The molecule has 1 aromatic heterocycles. The zero-order chi connectivity index (χ0) is 27.0. The van der Waals surface area contributed by atoms with Crippen molar-refractivity contribution in [2.45, 2.75) is 51.5 Å². The van der Waals surface area contributed by atoms with Gasteiger partial charge in [-0.25, -0.2) is 0 Å². The second-order valence-corrected chi connectivity index (χ2v) is 8.44. The molecule has 12 nitrogen and oxygen atoms in total. The zero-order valence-electron chi connectivity index (χ0n) is 19.9. The van der Waals surface area contributed by atoms with Gasteiger partial charge in [0, 0.05) is 31.5 Å². The Morgan fingerprint density at radius 3 is 2.16 bits per heavy atom. The predicted octanol–water partition coefficient (Wildman–Crippen LogP) is 1.92. The lowest BCUT2D eigenvalue weighted by Crippen LogP contribution is -2.61. The second-order valence-electron chi connectivity index (χ2n) is 8.44. The van der Waals surface area contributed by atoms with Crippen LogP contribution in [0.3, 0.4) is 0 Å². The Labute approximate surface area is 209 Å². The average Bonchev–Trinajstić information content (AvgIpc) is 2.80. The Morgan fingerprint density at radius 1 is 0.919 bits per heavy atom. The Balaban J connectivity index is 1.83. The van der Waals surface area contributed by atoms with Crippen LogP contribution in [0, 0.1) is 0 Å². The highest BCUT2D eigenvalue weighted by Crippen LogP contribution is 2.37. The van der Waals surface area contributed by atoms with Crippen LogP contribution in [0.2, 0.25) is 0 Å². The number of aliphatic hydroxyl groups is 1. The van der Waals surface area contributed by atoms with Crippen molar-refractivity contribution < 1.29 is 53.4 Å². The number of hydrogen-bond acceptors (Lipinski definition) is 12. The number of esters is 2. The van der Waals surface area contributed by atoms with Gasteiger partial charge in [0.05, 0.1) is 6.10 Å². The number of phenolic OH excluding ortho intramolecular Hbond substituents is 3. The topological polar surface area (TPSA) is 182 Å². The van der Waals surface area contributed by atoms with E-state index in [2.05, 4.69) is 0 Å². The number of phenols is 3. The molecule has 4 rings (SSSR count). The zero-order valence-corrected chi connectivity index (χ0v) is 19.9. The van der Waals surface area contributed by atoms with Gasteiger partial charge < -0.3 is 43.8 Å². The van der Waals surface area contributed by atoms with Crippen LogP contribution in [0.1, 0.15) is 20.8 Å². The van der Waals surface area contributed by atoms with Gasteiger partial charge in [-0.1, -0.05) is 0 Å². The predicted molar refractivity (Wildman–Crippen MR) is 125 cm³/mol. The summed E-state index contributed by atoms with van der Waals surface area (Å²) in [6.07, 6.45) is -6.85. The molecule has 1 aliphatic heterocycles. The maximum absolute atomic E-state index is 13.5. The highest BCUT2D eigenvalue weighted by Gasteiger charge is 2.49. The van der Waals surface area contributed by atoms with Crippen molar-refractivity contribution >= 4 is 22.9 Å². The van der Waals surface area contributed by atoms with Crippen LogP contribution in [0.5, 0.6) is 23.0 Å². The highest BCUT2D eigenvalue weighted by molar-refractivity contribution is 5.88. The molecule has 0 saturated carbocycles. The van der Waals surface area contributed by atoms with E-state index < -0.39 is 59.6 Å². The molecule has 5 atom stereocenters. The van der Waals surface area contributed by atoms with Crippen LogP contribution in [0.25, 0.3) is 22.3 Å². The molecule has 0 bridgehead atoms. The fourth-order valence-corrected chi connectivity index (χ4v) is 4.06. The molecule has 12 heteroatoms. The summed E-state index contributed by atoms with van der Waals surface area (Å²) in [5, 5.41) is 40.5. The van der Waals surface area contributed by atoms with Crippen molar-refractivity contribution in [1.29, 1.82) is 0 Å². The fraction of sp³-hybridized carbons (Fsp3) is 0.320. The number of benzene rings is 2. The van der Waals surface area contributed by atoms with Crippen molar-refractivity contribution in [3.05, 3.63) is 46.6 Å². The quantitative estimate of drug-likeness (QED) is 0.362. The minimum absolute atomic E-state index is 0.0646. The molecule has 2 heterocycles. The third-order valence-electron chi connectivity index (χ3n) is 5.64. The second kappa shape index (κ2) is 9.99. The molecular weight excluding hydrogens is 492 g/mol. The molecule has 1 saturated heterocycles. The summed E-state index contributed by atoms with van der Waals surface area (Å²) in [7, 11) is 0. The van der Waals surface area contributed by atoms with E-state index in [9.17, 15) is 34.8 Å². The molecule has 0 amide bonds. The summed E-state index contributed by atoms with van der Waals surface area (Å²) >= 11 is 0. The van der Waals surface area contributed by atoms with Crippen LogP contribution in [0.15, 0.2) is 45.6 Å². The lowest BCUT2D eigenvalue weighted by Gasteiger charge is -2.41. The lowest BCUT2D eigenvalue weighted by molar-refractivity contribution is -0.276. The molecule has 1 unspecified atom stereocenters. The van der Waals surface area contributed by atoms with Crippen molar-refractivity contribution in [1.82, 2.24) is 0 Å². The van der Waals surface area contributed by atoms with E-state index in [4.69, 9.17) is 23.4 Å². The number of carbonyl (C=O) groups excluding carboxylic acids is 2. The van der Waals surface area contributed by atoms with E-state index in [0.717, 1.165) is 26.0 Å². The monoisotopic (exact) mass is 516 g/mol. The smallest absolute Gasteiger partial charge is 0.303 e. The van der Waals surface area contributed by atoms with Crippen LogP contribution in [0.4, 0.5) is 0 Å². The summed E-state index contributed by atoms with van der Waals surface area (Å²) in [4.78, 5) is 36.8. The minimum Gasteiger partial charge on any atom is -0.508 e. The van der Waals surface area contributed by atoms with Gasteiger partial charge in [-0.15, -0.1) is 0 Å². The van der Waals surface area contributed by atoms with Crippen LogP contribution < -0.4 is 10.2 Å². The van der Waals surface area contributed by atoms with E-state index >= 15 is 0 Å². The van der Waals surface area contributed by atoms with Crippen LogP contribution in [-0.2, 0) is 23.8 Å². The number of aliphatic hydroxyl groups excluding tert-OH is 1. The van der Waals surface area contributed by atoms with Gasteiger partial charge in [-0.2, -0.15) is 0 Å². The number of fused-ring (bicyclic) bond motifs is 1.